The van der Waals surface area contributed by atoms with E-state index in [-0.39, 0.29) is 0 Å². The molecule has 0 aliphatic rings. The molecule has 2 rings (SSSR count). The summed E-state index contributed by atoms with van der Waals surface area (Å²) in [7, 11) is -4.73. The molecule has 0 aromatic heterocycles. The average molecular weight is 524 g/mol. The smallest absolute Gasteiger partial charge is 0.497 e. The van der Waals surface area contributed by atoms with Gasteiger partial charge in [0.15, 0.2) is 0 Å². The van der Waals surface area contributed by atoms with Gasteiger partial charge in [0, 0.05) is 16.1 Å². The Labute approximate surface area is 207 Å². The van der Waals surface area contributed by atoms with Gasteiger partial charge in [0.1, 0.15) is 5.75 Å². The predicted molar refractivity (Wildman–Crippen MR) is 149 cm³/mol. The number of phosphoric ester groups is 1. The SMILES string of the molecule is COc1ccc2cc(CC/C(C)=N/OP(=O)(OCC[Si](C)(C)C)OCC[Si](C)(C)C)ccc2c1. The molecule has 2 aromatic rings. The Bertz CT molecular complexity index is 991. The third-order valence-electron chi connectivity index (χ3n) is 5.39. The van der Waals surface area contributed by atoms with Gasteiger partial charge in [-0.2, -0.15) is 0 Å². The molecular weight excluding hydrogens is 481 g/mol. The van der Waals surface area contributed by atoms with Gasteiger partial charge in [0.2, 0.25) is 0 Å². The second kappa shape index (κ2) is 12.5. The molecule has 0 saturated carbocycles. The fourth-order valence-corrected chi connectivity index (χ4v) is 5.87. The number of hydrogen-bond donors (Lipinski definition) is 0. The molecule has 0 radical (unpaired) electrons. The molecule has 0 N–H and O–H groups in total. The topological polar surface area (TPSA) is 66.4 Å². The lowest BCUT2D eigenvalue weighted by Crippen LogP contribution is -2.22. The van der Waals surface area contributed by atoms with E-state index in [0.29, 0.717) is 19.6 Å². The Morgan fingerprint density at radius 3 is 2.00 bits per heavy atom. The van der Waals surface area contributed by atoms with Crippen LogP contribution in [0.1, 0.15) is 18.9 Å². The summed E-state index contributed by atoms with van der Waals surface area (Å²) >= 11 is 0. The number of ether oxygens (including phenoxy) is 1. The van der Waals surface area contributed by atoms with Gasteiger partial charge in [0.05, 0.1) is 26.0 Å². The maximum atomic E-state index is 13.2. The van der Waals surface area contributed by atoms with Crippen LogP contribution in [0.3, 0.4) is 0 Å². The first-order valence-electron chi connectivity index (χ1n) is 12.0. The van der Waals surface area contributed by atoms with Gasteiger partial charge in [-0.05, 0) is 60.3 Å². The third-order valence-corrected chi connectivity index (χ3v) is 10.1. The van der Waals surface area contributed by atoms with E-state index in [9.17, 15) is 4.57 Å². The molecule has 0 bridgehead atoms. The van der Waals surface area contributed by atoms with E-state index < -0.39 is 24.0 Å². The monoisotopic (exact) mass is 523 g/mol. The van der Waals surface area contributed by atoms with Crippen molar-refractivity contribution in [3.63, 3.8) is 0 Å². The normalized spacial score (nSPS) is 13.4. The molecule has 0 atom stereocenters. The standard InChI is InChI=1S/C25H42NO5PSi2/c1-21(9-10-22-11-12-24-20-25(28-2)14-13-23(24)19-22)26-31-32(27,29-15-17-33(3,4)5)30-16-18-34(6,7)8/h11-14,19-20H,9-10,15-18H2,1-8H3/b26-21+. The van der Waals surface area contributed by atoms with Gasteiger partial charge in [-0.15, -0.1) is 0 Å². The van der Waals surface area contributed by atoms with Crippen LogP contribution < -0.4 is 4.74 Å². The van der Waals surface area contributed by atoms with Crippen LogP contribution in [-0.4, -0.2) is 42.2 Å². The largest absolute Gasteiger partial charge is 0.550 e. The molecule has 0 amide bonds. The van der Waals surface area contributed by atoms with Crippen molar-refractivity contribution in [3.05, 3.63) is 42.0 Å². The fraction of sp³-hybridized carbons (Fsp3) is 0.560. The van der Waals surface area contributed by atoms with E-state index in [2.05, 4.69) is 68.7 Å². The van der Waals surface area contributed by atoms with Crippen LogP contribution in [0, 0.1) is 0 Å². The van der Waals surface area contributed by atoms with E-state index in [1.807, 2.05) is 19.1 Å². The van der Waals surface area contributed by atoms with Crippen molar-refractivity contribution in [1.82, 2.24) is 0 Å². The van der Waals surface area contributed by atoms with Gasteiger partial charge >= 0.3 is 7.82 Å². The van der Waals surface area contributed by atoms with Crippen molar-refractivity contribution >= 4 is 40.5 Å². The van der Waals surface area contributed by atoms with Crippen LogP contribution in [0.2, 0.25) is 51.4 Å². The summed E-state index contributed by atoms with van der Waals surface area (Å²) < 4.78 is 35.2. The summed E-state index contributed by atoms with van der Waals surface area (Å²) in [5, 5.41) is 6.45. The number of benzene rings is 2. The Morgan fingerprint density at radius 1 is 0.882 bits per heavy atom. The molecule has 0 unspecified atom stereocenters. The van der Waals surface area contributed by atoms with Crippen molar-refractivity contribution in [2.24, 2.45) is 5.16 Å². The molecule has 0 aliphatic carbocycles. The maximum Gasteiger partial charge on any atom is 0.550 e. The maximum absolute atomic E-state index is 13.2. The minimum absolute atomic E-state index is 0.358. The minimum Gasteiger partial charge on any atom is -0.497 e. The number of fused-ring (bicyclic) bond motifs is 1. The van der Waals surface area contributed by atoms with Gasteiger partial charge in [-0.1, -0.05) is 68.7 Å². The molecule has 190 valence electrons. The molecule has 0 fully saturated rings. The third kappa shape index (κ3) is 10.9. The van der Waals surface area contributed by atoms with Gasteiger partial charge in [0.25, 0.3) is 0 Å². The lowest BCUT2D eigenvalue weighted by Gasteiger charge is -2.21. The molecule has 0 aliphatic heterocycles. The van der Waals surface area contributed by atoms with Gasteiger partial charge < -0.3 is 4.74 Å². The highest BCUT2D eigenvalue weighted by atomic mass is 31.2. The van der Waals surface area contributed by atoms with Crippen molar-refractivity contribution in [3.8, 4) is 5.75 Å². The summed E-state index contributed by atoms with van der Waals surface area (Å²) in [6.45, 7) is 16.1. The van der Waals surface area contributed by atoms with E-state index in [1.54, 1.807) is 7.11 Å². The van der Waals surface area contributed by atoms with E-state index >= 15 is 0 Å². The highest BCUT2D eigenvalue weighted by Crippen LogP contribution is 2.50. The summed E-state index contributed by atoms with van der Waals surface area (Å²) in [4.78, 5) is 0. The second-order valence-electron chi connectivity index (χ2n) is 11.2. The van der Waals surface area contributed by atoms with E-state index in [4.69, 9.17) is 18.4 Å². The number of oxime groups is 1. The number of nitrogens with zero attached hydrogens (tertiary/aromatic N) is 1. The summed E-state index contributed by atoms with van der Waals surface area (Å²) in [5.41, 5.74) is 1.95. The highest BCUT2D eigenvalue weighted by Gasteiger charge is 2.30. The number of methoxy groups -OCH3 is 1. The Kier molecular flexibility index (Phi) is 10.6. The number of rotatable bonds is 14. The first kappa shape index (κ1) is 28.8. The van der Waals surface area contributed by atoms with Crippen molar-refractivity contribution in [1.29, 1.82) is 0 Å². The molecule has 6 nitrogen and oxygen atoms in total. The zero-order chi connectivity index (χ0) is 25.4. The van der Waals surface area contributed by atoms with Gasteiger partial charge in [-0.25, -0.2) is 4.57 Å². The van der Waals surface area contributed by atoms with Crippen LogP contribution in [0.4, 0.5) is 0 Å². The lowest BCUT2D eigenvalue weighted by atomic mass is 10.0. The summed E-state index contributed by atoms with van der Waals surface area (Å²) in [6, 6.07) is 14.2. The van der Waals surface area contributed by atoms with Crippen LogP contribution in [0.5, 0.6) is 5.75 Å². The molecule has 0 saturated heterocycles. The number of aryl methyl sites for hydroxylation is 1. The van der Waals surface area contributed by atoms with Crippen LogP contribution in [-0.2, 0) is 24.7 Å². The number of hydrogen-bond acceptors (Lipinski definition) is 6. The molecular formula is C25H42NO5PSi2. The Morgan fingerprint density at radius 2 is 1.44 bits per heavy atom. The van der Waals surface area contributed by atoms with E-state index in [0.717, 1.165) is 35.4 Å². The van der Waals surface area contributed by atoms with Crippen molar-refractivity contribution in [2.45, 2.75) is 71.1 Å². The zero-order valence-electron chi connectivity index (χ0n) is 22.1. The molecule has 0 heterocycles. The van der Waals surface area contributed by atoms with Crippen LogP contribution in [0.25, 0.3) is 10.8 Å². The molecule has 9 heteroatoms. The quantitative estimate of drug-likeness (QED) is 0.109. The highest BCUT2D eigenvalue weighted by molar-refractivity contribution is 7.48. The second-order valence-corrected chi connectivity index (χ2v) is 24.0. The van der Waals surface area contributed by atoms with Crippen LogP contribution in [0.15, 0.2) is 41.6 Å². The first-order chi connectivity index (χ1) is 15.8. The predicted octanol–water partition coefficient (Wildman–Crippen LogP) is 7.99. The molecule has 34 heavy (non-hydrogen) atoms. The first-order valence-corrected chi connectivity index (χ1v) is 20.8. The lowest BCUT2D eigenvalue weighted by molar-refractivity contribution is 0.124. The van der Waals surface area contributed by atoms with Crippen molar-refractivity contribution < 1.29 is 23.0 Å². The number of phosphoric acid groups is 1. The summed E-state index contributed by atoms with van der Waals surface area (Å²) in [5.74, 6) is 0.851. The average Bonchev–Trinajstić information content (AvgIpc) is 2.74. The Balaban J connectivity index is 1.98. The van der Waals surface area contributed by atoms with Crippen molar-refractivity contribution in [2.75, 3.05) is 20.3 Å². The fourth-order valence-electron chi connectivity index (χ4n) is 3.06. The minimum atomic E-state index is -3.74. The summed E-state index contributed by atoms with van der Waals surface area (Å²) in [6.07, 6.45) is 1.49. The van der Waals surface area contributed by atoms with Gasteiger partial charge in [-0.3, -0.25) is 13.7 Å². The zero-order valence-corrected chi connectivity index (χ0v) is 25.0. The molecule has 0 spiro atoms. The van der Waals surface area contributed by atoms with E-state index in [1.165, 1.54) is 10.9 Å². The Hall–Kier alpha value is -1.45. The molecule has 2 aromatic carbocycles. The van der Waals surface area contributed by atoms with Crippen LogP contribution >= 0.6 is 7.82 Å².